The Kier molecular flexibility index (Phi) is 6.23. The molecule has 0 fully saturated rings. The van der Waals surface area contributed by atoms with Gasteiger partial charge in [0.1, 0.15) is 0 Å². The molecule has 0 aliphatic carbocycles. The Labute approximate surface area is 153 Å². The molecule has 5 nitrogen and oxygen atoms in total. The smallest absolute Gasteiger partial charge is 0.341 e. The van der Waals surface area contributed by atoms with Crippen LogP contribution in [0.2, 0.25) is 5.02 Å². The van der Waals surface area contributed by atoms with Gasteiger partial charge in [-0.25, -0.2) is 4.79 Å². The van der Waals surface area contributed by atoms with Gasteiger partial charge in [0.25, 0.3) is 5.91 Å². The van der Waals surface area contributed by atoms with Crippen LogP contribution in [0.5, 0.6) is 0 Å². The van der Waals surface area contributed by atoms with E-state index in [4.69, 9.17) is 22.1 Å². The molecule has 2 rings (SSSR count). The van der Waals surface area contributed by atoms with E-state index >= 15 is 0 Å². The Morgan fingerprint density at radius 1 is 1.29 bits per heavy atom. The first-order valence-corrected chi connectivity index (χ1v) is 8.32. The molecular weight excluding hydrogens is 396 g/mol. The number of hydrogen-bond acceptors (Lipinski definition) is 4. The van der Waals surface area contributed by atoms with Crippen molar-refractivity contribution in [2.75, 3.05) is 5.73 Å². The Morgan fingerprint density at radius 3 is 2.71 bits per heavy atom. The summed E-state index contributed by atoms with van der Waals surface area (Å²) in [7, 11) is 0. The van der Waals surface area contributed by atoms with E-state index in [0.29, 0.717) is 9.50 Å². The average molecular weight is 412 g/mol. The monoisotopic (exact) mass is 410 g/mol. The number of nitrogens with one attached hydrogen (secondary N) is 1. The van der Waals surface area contributed by atoms with Gasteiger partial charge in [-0.2, -0.15) is 0 Å². The normalized spacial score (nSPS) is 11.6. The Morgan fingerprint density at radius 2 is 2.00 bits per heavy atom. The zero-order valence-electron chi connectivity index (χ0n) is 12.9. The molecule has 0 bridgehead atoms. The van der Waals surface area contributed by atoms with Gasteiger partial charge in [-0.15, -0.1) is 0 Å². The van der Waals surface area contributed by atoms with Crippen molar-refractivity contribution in [3.05, 3.63) is 63.1 Å². The molecule has 3 N–H and O–H groups in total. The highest BCUT2D eigenvalue weighted by Gasteiger charge is 2.20. The lowest BCUT2D eigenvalue weighted by atomic mass is 10.2. The molecule has 0 aliphatic heterocycles. The number of halogens is 2. The minimum atomic E-state index is -0.960. The fraction of sp³-hybridized carbons (Fsp3) is 0.176. The fourth-order valence-corrected chi connectivity index (χ4v) is 2.51. The summed E-state index contributed by atoms with van der Waals surface area (Å²) in [5.41, 5.74) is 7.02. The Bertz CT molecular complexity index is 767. The molecule has 126 valence electrons. The average Bonchev–Trinajstić information content (AvgIpc) is 2.55. The fourth-order valence-electron chi connectivity index (χ4n) is 1.95. The number of esters is 1. The maximum atomic E-state index is 12.1. The second kappa shape index (κ2) is 8.17. The first-order valence-electron chi connectivity index (χ1n) is 7.15. The number of ether oxygens (including phenoxy) is 1. The number of hydrogen-bond donors (Lipinski definition) is 2. The molecule has 0 saturated carbocycles. The van der Waals surface area contributed by atoms with Crippen LogP contribution in [0.4, 0.5) is 5.69 Å². The molecule has 1 atom stereocenters. The molecule has 0 heterocycles. The van der Waals surface area contributed by atoms with Gasteiger partial charge in [-0.05, 0) is 36.8 Å². The maximum Gasteiger partial charge on any atom is 0.341 e. The molecule has 0 radical (unpaired) electrons. The summed E-state index contributed by atoms with van der Waals surface area (Å²) in [5, 5.41) is 3.24. The summed E-state index contributed by atoms with van der Waals surface area (Å²) < 4.78 is 5.86. The minimum Gasteiger partial charge on any atom is -0.449 e. The topological polar surface area (TPSA) is 81.4 Å². The van der Waals surface area contributed by atoms with E-state index in [1.54, 1.807) is 30.3 Å². The van der Waals surface area contributed by atoms with Crippen LogP contribution in [0.1, 0.15) is 22.8 Å². The van der Waals surface area contributed by atoms with Crippen LogP contribution in [0.3, 0.4) is 0 Å². The Balaban J connectivity index is 1.95. The zero-order valence-corrected chi connectivity index (χ0v) is 15.2. The number of benzene rings is 2. The van der Waals surface area contributed by atoms with Crippen LogP contribution < -0.4 is 11.1 Å². The highest BCUT2D eigenvalue weighted by molar-refractivity contribution is 9.10. The molecule has 24 heavy (non-hydrogen) atoms. The predicted octanol–water partition coefficient (Wildman–Crippen LogP) is 3.55. The molecule has 0 saturated heterocycles. The number of nitrogens with two attached hydrogens (primary N) is 1. The second-order valence-electron chi connectivity index (χ2n) is 5.09. The van der Waals surface area contributed by atoms with E-state index in [1.165, 1.54) is 6.92 Å². The van der Waals surface area contributed by atoms with E-state index < -0.39 is 18.0 Å². The van der Waals surface area contributed by atoms with Crippen molar-refractivity contribution in [2.24, 2.45) is 0 Å². The highest BCUT2D eigenvalue weighted by atomic mass is 79.9. The molecule has 2 aromatic carbocycles. The summed E-state index contributed by atoms with van der Waals surface area (Å²) >= 11 is 9.29. The largest absolute Gasteiger partial charge is 0.449 e. The molecule has 0 spiro atoms. The molecular formula is C17H16BrClN2O3. The van der Waals surface area contributed by atoms with E-state index in [2.05, 4.69) is 21.2 Å². The third-order valence-corrected chi connectivity index (χ3v) is 4.16. The predicted molar refractivity (Wildman–Crippen MR) is 96.7 cm³/mol. The summed E-state index contributed by atoms with van der Waals surface area (Å²) in [4.78, 5) is 24.2. The molecule has 7 heteroatoms. The SMILES string of the molecule is C[C@H](OC(=O)c1cc(Br)ccc1N)C(=O)NCc1ccccc1Cl. The van der Waals surface area contributed by atoms with Crippen LogP contribution >= 0.6 is 27.5 Å². The lowest BCUT2D eigenvalue weighted by molar-refractivity contribution is -0.129. The first kappa shape index (κ1) is 18.3. The maximum absolute atomic E-state index is 12.1. The molecule has 0 aromatic heterocycles. The number of rotatable bonds is 5. The van der Waals surface area contributed by atoms with Gasteiger partial charge in [0.2, 0.25) is 0 Å². The van der Waals surface area contributed by atoms with Crippen molar-refractivity contribution in [1.29, 1.82) is 0 Å². The minimum absolute atomic E-state index is 0.204. The van der Waals surface area contributed by atoms with Gasteiger partial charge in [0, 0.05) is 21.7 Å². The third kappa shape index (κ3) is 4.72. The lowest BCUT2D eigenvalue weighted by Crippen LogP contribution is -2.35. The number of carbonyl (C=O) groups is 2. The van der Waals surface area contributed by atoms with Crippen molar-refractivity contribution in [3.63, 3.8) is 0 Å². The van der Waals surface area contributed by atoms with Crippen LogP contribution in [0, 0.1) is 0 Å². The summed E-state index contributed by atoms with van der Waals surface area (Å²) in [6.45, 7) is 1.74. The summed E-state index contributed by atoms with van der Waals surface area (Å²) in [6.07, 6.45) is -0.960. The van der Waals surface area contributed by atoms with Crippen molar-refractivity contribution in [3.8, 4) is 0 Å². The van der Waals surface area contributed by atoms with Crippen molar-refractivity contribution in [2.45, 2.75) is 19.6 Å². The van der Waals surface area contributed by atoms with Gasteiger partial charge in [-0.3, -0.25) is 4.79 Å². The number of nitrogen functional groups attached to an aromatic ring is 1. The van der Waals surface area contributed by atoms with E-state index in [9.17, 15) is 9.59 Å². The van der Waals surface area contributed by atoms with Crippen LogP contribution in [0.15, 0.2) is 46.9 Å². The molecule has 0 aliphatic rings. The lowest BCUT2D eigenvalue weighted by Gasteiger charge is -2.15. The number of carbonyl (C=O) groups excluding carboxylic acids is 2. The summed E-state index contributed by atoms with van der Waals surface area (Å²) in [5.74, 6) is -1.08. The van der Waals surface area contributed by atoms with Crippen molar-refractivity contribution in [1.82, 2.24) is 5.32 Å². The van der Waals surface area contributed by atoms with Gasteiger partial charge in [0.05, 0.1) is 5.56 Å². The number of anilines is 1. The molecule has 0 unspecified atom stereocenters. The van der Waals surface area contributed by atoms with Crippen LogP contribution in [-0.2, 0) is 16.1 Å². The zero-order chi connectivity index (χ0) is 17.7. The second-order valence-corrected chi connectivity index (χ2v) is 6.41. The molecule has 2 aromatic rings. The van der Waals surface area contributed by atoms with E-state index in [1.807, 2.05) is 12.1 Å². The first-order chi connectivity index (χ1) is 11.4. The van der Waals surface area contributed by atoms with Crippen LogP contribution in [-0.4, -0.2) is 18.0 Å². The van der Waals surface area contributed by atoms with Crippen molar-refractivity contribution < 1.29 is 14.3 Å². The highest BCUT2D eigenvalue weighted by Crippen LogP contribution is 2.20. The summed E-state index contributed by atoms with van der Waals surface area (Å²) in [6, 6.07) is 12.0. The molecule has 1 amide bonds. The van der Waals surface area contributed by atoms with Gasteiger partial charge in [-0.1, -0.05) is 45.7 Å². The van der Waals surface area contributed by atoms with Gasteiger partial charge in [0.15, 0.2) is 6.10 Å². The van der Waals surface area contributed by atoms with Crippen LogP contribution in [0.25, 0.3) is 0 Å². The van der Waals surface area contributed by atoms with Crippen molar-refractivity contribution >= 4 is 45.1 Å². The third-order valence-electron chi connectivity index (χ3n) is 3.30. The number of amides is 1. The quantitative estimate of drug-likeness (QED) is 0.582. The van der Waals surface area contributed by atoms with Gasteiger partial charge >= 0.3 is 5.97 Å². The standard InChI is InChI=1S/C17H16BrClN2O3/c1-10(16(22)21-9-11-4-2-3-5-14(11)19)24-17(23)13-8-12(18)6-7-15(13)20/h2-8,10H,9,20H2,1H3,(H,21,22)/t10-/m0/s1. The van der Waals surface area contributed by atoms with Gasteiger partial charge < -0.3 is 15.8 Å². The van der Waals surface area contributed by atoms with E-state index in [0.717, 1.165) is 5.56 Å². The Hall–Kier alpha value is -2.05. The van der Waals surface area contributed by atoms with E-state index in [-0.39, 0.29) is 17.8 Å².